The van der Waals surface area contributed by atoms with Crippen LogP contribution in [0.5, 0.6) is 0 Å². The maximum Gasteiger partial charge on any atom is 0.231 e. The van der Waals surface area contributed by atoms with Crippen molar-refractivity contribution >= 4 is 34.5 Å². The molecule has 1 aromatic carbocycles. The first-order chi connectivity index (χ1) is 10.8. The van der Waals surface area contributed by atoms with Crippen molar-refractivity contribution < 1.29 is 4.79 Å². The van der Waals surface area contributed by atoms with Gasteiger partial charge in [0.25, 0.3) is 0 Å². The standard InChI is InChI=1S/C15H15N5OS/c21-13(8-10-9-16-12-5-2-1-4-11(10)12)17-14-18-19-15-20(14)6-3-7-22-15/h1-2,4-5,9,16H,3,6-8H2,(H,17,18,21). The lowest BCUT2D eigenvalue weighted by Crippen LogP contribution is -2.19. The Morgan fingerprint density at radius 3 is 3.23 bits per heavy atom. The highest BCUT2D eigenvalue weighted by atomic mass is 32.2. The number of benzene rings is 1. The zero-order valence-electron chi connectivity index (χ0n) is 11.9. The molecule has 7 heteroatoms. The van der Waals surface area contributed by atoms with E-state index in [-0.39, 0.29) is 5.91 Å². The number of rotatable bonds is 3. The van der Waals surface area contributed by atoms with Crippen LogP contribution in [0.1, 0.15) is 12.0 Å². The number of carbonyl (C=O) groups excluding carboxylic acids is 1. The molecule has 22 heavy (non-hydrogen) atoms. The van der Waals surface area contributed by atoms with E-state index in [2.05, 4.69) is 20.5 Å². The monoisotopic (exact) mass is 313 g/mol. The van der Waals surface area contributed by atoms with Crippen molar-refractivity contribution in [3.8, 4) is 0 Å². The zero-order valence-corrected chi connectivity index (χ0v) is 12.7. The van der Waals surface area contributed by atoms with Gasteiger partial charge in [-0.25, -0.2) is 0 Å². The van der Waals surface area contributed by atoms with Crippen LogP contribution in [0.2, 0.25) is 0 Å². The van der Waals surface area contributed by atoms with Crippen molar-refractivity contribution in [3.05, 3.63) is 36.0 Å². The Hall–Kier alpha value is -2.28. The average Bonchev–Trinajstić information content (AvgIpc) is 3.13. The number of carbonyl (C=O) groups is 1. The maximum atomic E-state index is 12.3. The lowest BCUT2D eigenvalue weighted by atomic mass is 10.1. The van der Waals surface area contributed by atoms with Gasteiger partial charge in [0.05, 0.1) is 6.42 Å². The molecule has 2 aromatic heterocycles. The molecule has 0 unspecified atom stereocenters. The van der Waals surface area contributed by atoms with Crippen LogP contribution in [0, 0.1) is 0 Å². The van der Waals surface area contributed by atoms with Crippen molar-refractivity contribution in [1.82, 2.24) is 19.7 Å². The third-order valence-electron chi connectivity index (χ3n) is 3.75. The summed E-state index contributed by atoms with van der Waals surface area (Å²) >= 11 is 1.68. The summed E-state index contributed by atoms with van der Waals surface area (Å²) in [5.74, 6) is 1.53. The molecule has 0 atom stereocenters. The summed E-state index contributed by atoms with van der Waals surface area (Å²) in [5, 5.41) is 13.0. The minimum absolute atomic E-state index is 0.0736. The van der Waals surface area contributed by atoms with Crippen molar-refractivity contribution in [2.75, 3.05) is 11.1 Å². The molecule has 0 fully saturated rings. The van der Waals surface area contributed by atoms with Gasteiger partial charge in [-0.1, -0.05) is 30.0 Å². The molecule has 0 spiro atoms. The number of para-hydroxylation sites is 1. The molecule has 3 aromatic rings. The molecule has 0 radical (unpaired) electrons. The van der Waals surface area contributed by atoms with E-state index in [9.17, 15) is 4.79 Å². The van der Waals surface area contributed by atoms with E-state index in [1.54, 1.807) is 11.8 Å². The first-order valence-corrected chi connectivity index (χ1v) is 8.20. The van der Waals surface area contributed by atoms with Crippen molar-refractivity contribution in [2.24, 2.45) is 0 Å². The van der Waals surface area contributed by atoms with Crippen LogP contribution in [0.4, 0.5) is 5.95 Å². The summed E-state index contributed by atoms with van der Waals surface area (Å²) in [4.78, 5) is 15.5. The first-order valence-electron chi connectivity index (χ1n) is 7.22. The predicted molar refractivity (Wildman–Crippen MR) is 86.0 cm³/mol. The van der Waals surface area contributed by atoms with Gasteiger partial charge < -0.3 is 4.98 Å². The number of amides is 1. The van der Waals surface area contributed by atoms with Crippen molar-refractivity contribution in [2.45, 2.75) is 24.5 Å². The first kappa shape index (κ1) is 13.4. The van der Waals surface area contributed by atoms with E-state index < -0.39 is 0 Å². The molecule has 1 amide bonds. The van der Waals surface area contributed by atoms with Gasteiger partial charge in [-0.2, -0.15) is 0 Å². The van der Waals surface area contributed by atoms with E-state index >= 15 is 0 Å². The number of aromatic amines is 1. The smallest absolute Gasteiger partial charge is 0.231 e. The molecule has 0 aliphatic carbocycles. The highest BCUT2D eigenvalue weighted by molar-refractivity contribution is 7.99. The van der Waals surface area contributed by atoms with Crippen molar-refractivity contribution in [3.63, 3.8) is 0 Å². The van der Waals surface area contributed by atoms with Gasteiger partial charge in [0, 0.05) is 29.4 Å². The minimum atomic E-state index is -0.0736. The van der Waals surface area contributed by atoms with Crippen LogP contribution in [0.15, 0.2) is 35.6 Å². The van der Waals surface area contributed by atoms with E-state index in [0.717, 1.165) is 40.3 Å². The van der Waals surface area contributed by atoms with Gasteiger partial charge in [0.1, 0.15) is 0 Å². The van der Waals surface area contributed by atoms with E-state index in [4.69, 9.17) is 0 Å². The summed E-state index contributed by atoms with van der Waals surface area (Å²) in [6.45, 7) is 0.859. The Morgan fingerprint density at radius 1 is 1.36 bits per heavy atom. The lowest BCUT2D eigenvalue weighted by molar-refractivity contribution is -0.115. The molecule has 3 heterocycles. The van der Waals surface area contributed by atoms with E-state index in [1.807, 2.05) is 35.0 Å². The van der Waals surface area contributed by atoms with Crippen LogP contribution < -0.4 is 5.32 Å². The number of nitrogens with one attached hydrogen (secondary N) is 2. The Balaban J connectivity index is 1.52. The van der Waals surface area contributed by atoms with Crippen LogP contribution >= 0.6 is 11.8 Å². The summed E-state index contributed by atoms with van der Waals surface area (Å²) in [6, 6.07) is 7.97. The molecule has 112 valence electrons. The Morgan fingerprint density at radius 2 is 2.27 bits per heavy atom. The van der Waals surface area contributed by atoms with Crippen LogP contribution in [-0.4, -0.2) is 31.4 Å². The zero-order chi connectivity index (χ0) is 14.9. The molecular formula is C15H15N5OS. The third kappa shape index (κ3) is 2.37. The normalized spacial score (nSPS) is 14.0. The molecule has 4 rings (SSSR count). The van der Waals surface area contributed by atoms with Gasteiger partial charge >= 0.3 is 0 Å². The van der Waals surface area contributed by atoms with E-state index in [1.165, 1.54) is 0 Å². The molecule has 0 saturated carbocycles. The molecule has 6 nitrogen and oxygen atoms in total. The van der Waals surface area contributed by atoms with Crippen LogP contribution in [0.25, 0.3) is 10.9 Å². The summed E-state index contributed by atoms with van der Waals surface area (Å²) < 4.78 is 1.97. The van der Waals surface area contributed by atoms with Gasteiger partial charge in [0.15, 0.2) is 5.16 Å². The summed E-state index contributed by atoms with van der Waals surface area (Å²) in [7, 11) is 0. The van der Waals surface area contributed by atoms with E-state index in [0.29, 0.717) is 12.4 Å². The molecule has 2 N–H and O–H groups in total. The second kappa shape index (κ2) is 5.49. The number of fused-ring (bicyclic) bond motifs is 2. The fraction of sp³-hybridized carbons (Fsp3) is 0.267. The fourth-order valence-electron chi connectivity index (χ4n) is 2.70. The molecule has 1 aliphatic heterocycles. The number of nitrogens with zero attached hydrogens (tertiary/aromatic N) is 3. The Labute approximate surface area is 131 Å². The number of hydrogen-bond donors (Lipinski definition) is 2. The van der Waals surface area contributed by atoms with Crippen molar-refractivity contribution in [1.29, 1.82) is 0 Å². The molecular weight excluding hydrogens is 298 g/mol. The second-order valence-electron chi connectivity index (χ2n) is 5.24. The molecule has 1 aliphatic rings. The number of H-pyrrole nitrogens is 1. The minimum Gasteiger partial charge on any atom is -0.361 e. The lowest BCUT2D eigenvalue weighted by Gasteiger charge is -2.14. The van der Waals surface area contributed by atoms with Gasteiger partial charge in [-0.3, -0.25) is 14.7 Å². The number of aromatic nitrogens is 4. The van der Waals surface area contributed by atoms with Gasteiger partial charge in [-0.05, 0) is 18.1 Å². The maximum absolute atomic E-state index is 12.3. The number of hydrogen-bond acceptors (Lipinski definition) is 4. The van der Waals surface area contributed by atoms with Gasteiger partial charge in [0.2, 0.25) is 11.9 Å². The fourth-order valence-corrected chi connectivity index (χ4v) is 3.58. The highest BCUT2D eigenvalue weighted by Gasteiger charge is 2.18. The second-order valence-corrected chi connectivity index (χ2v) is 6.31. The topological polar surface area (TPSA) is 75.6 Å². The largest absolute Gasteiger partial charge is 0.361 e. The number of anilines is 1. The summed E-state index contributed by atoms with van der Waals surface area (Å²) in [5.41, 5.74) is 2.03. The average molecular weight is 313 g/mol. The Kier molecular flexibility index (Phi) is 3.34. The summed E-state index contributed by atoms with van der Waals surface area (Å²) in [6.07, 6.45) is 3.28. The molecule has 0 saturated heterocycles. The molecule has 0 bridgehead atoms. The van der Waals surface area contributed by atoms with Crippen LogP contribution in [-0.2, 0) is 17.8 Å². The Bertz CT molecular complexity index is 837. The number of thioether (sulfide) groups is 1. The predicted octanol–water partition coefficient (Wildman–Crippen LogP) is 2.44. The SMILES string of the molecule is O=C(Cc1c[nH]c2ccccc12)Nc1nnc2n1CCCS2. The highest BCUT2D eigenvalue weighted by Crippen LogP contribution is 2.25. The quantitative estimate of drug-likeness (QED) is 0.779. The third-order valence-corrected chi connectivity index (χ3v) is 4.80. The van der Waals surface area contributed by atoms with Gasteiger partial charge in [-0.15, -0.1) is 10.2 Å². The van der Waals surface area contributed by atoms with Crippen LogP contribution in [0.3, 0.4) is 0 Å².